The zero-order valence-corrected chi connectivity index (χ0v) is 9.07. The maximum Gasteiger partial charge on any atom is 0.305 e. The van der Waals surface area contributed by atoms with Crippen molar-refractivity contribution in [3.05, 3.63) is 17.6 Å². The topological polar surface area (TPSA) is 75.1 Å². The monoisotopic (exact) mass is 221 g/mol. The molecule has 2 rings (SSSR count). The standard InChI is InChI=1S/C11H15N3O2/c15-10(16)5-6-12-11-8-3-1-2-4-9(8)13-7-14-11/h7H,1-6H2,(H,15,16)(H,12,13,14). The summed E-state index contributed by atoms with van der Waals surface area (Å²) in [5.74, 6) is 0.0152. The summed E-state index contributed by atoms with van der Waals surface area (Å²) in [6.07, 6.45) is 6.00. The number of carbonyl (C=O) groups is 1. The minimum absolute atomic E-state index is 0.110. The van der Waals surface area contributed by atoms with E-state index in [1.165, 1.54) is 12.0 Å². The number of rotatable bonds is 4. The minimum Gasteiger partial charge on any atom is -0.481 e. The van der Waals surface area contributed by atoms with Gasteiger partial charge in [-0.2, -0.15) is 0 Å². The number of fused-ring (bicyclic) bond motifs is 1. The molecule has 0 radical (unpaired) electrons. The number of carboxylic acid groups (broad SMARTS) is 1. The molecule has 16 heavy (non-hydrogen) atoms. The van der Waals surface area contributed by atoms with E-state index in [1.807, 2.05) is 0 Å². The lowest BCUT2D eigenvalue weighted by molar-refractivity contribution is -0.136. The Kier molecular flexibility index (Phi) is 3.34. The number of aliphatic carboxylic acids is 1. The summed E-state index contributed by atoms with van der Waals surface area (Å²) in [7, 11) is 0. The highest BCUT2D eigenvalue weighted by Crippen LogP contribution is 2.24. The van der Waals surface area contributed by atoms with Crippen LogP contribution in [0.1, 0.15) is 30.5 Å². The van der Waals surface area contributed by atoms with Gasteiger partial charge in [0, 0.05) is 17.8 Å². The molecule has 1 aromatic heterocycles. The van der Waals surface area contributed by atoms with Crippen molar-refractivity contribution in [1.82, 2.24) is 9.97 Å². The molecule has 5 nitrogen and oxygen atoms in total. The van der Waals surface area contributed by atoms with Crippen molar-refractivity contribution in [2.75, 3.05) is 11.9 Å². The molecule has 0 fully saturated rings. The van der Waals surface area contributed by atoms with Gasteiger partial charge in [0.1, 0.15) is 12.1 Å². The van der Waals surface area contributed by atoms with Gasteiger partial charge < -0.3 is 10.4 Å². The van der Waals surface area contributed by atoms with Crippen molar-refractivity contribution in [2.45, 2.75) is 32.1 Å². The predicted octanol–water partition coefficient (Wildman–Crippen LogP) is 1.24. The van der Waals surface area contributed by atoms with Crippen LogP contribution in [0.4, 0.5) is 5.82 Å². The van der Waals surface area contributed by atoms with Gasteiger partial charge in [-0.05, 0) is 25.7 Å². The lowest BCUT2D eigenvalue weighted by Crippen LogP contribution is -2.14. The molecule has 0 spiro atoms. The van der Waals surface area contributed by atoms with E-state index in [-0.39, 0.29) is 6.42 Å². The van der Waals surface area contributed by atoms with E-state index in [0.29, 0.717) is 6.54 Å². The molecule has 1 aliphatic carbocycles. The van der Waals surface area contributed by atoms with Gasteiger partial charge in [0.25, 0.3) is 0 Å². The van der Waals surface area contributed by atoms with Crippen LogP contribution in [0, 0.1) is 0 Å². The van der Waals surface area contributed by atoms with Gasteiger partial charge in [-0.1, -0.05) is 0 Å². The van der Waals surface area contributed by atoms with Crippen LogP contribution in [0.15, 0.2) is 6.33 Å². The Morgan fingerprint density at radius 1 is 1.38 bits per heavy atom. The van der Waals surface area contributed by atoms with Crippen LogP contribution in [0.25, 0.3) is 0 Å². The lowest BCUT2D eigenvalue weighted by atomic mass is 9.96. The molecule has 0 aliphatic heterocycles. The van der Waals surface area contributed by atoms with Crippen molar-refractivity contribution in [2.24, 2.45) is 0 Å². The number of hydrogen-bond donors (Lipinski definition) is 2. The Morgan fingerprint density at radius 3 is 3.00 bits per heavy atom. The molecule has 1 aromatic rings. The Morgan fingerprint density at radius 2 is 2.19 bits per heavy atom. The highest BCUT2D eigenvalue weighted by atomic mass is 16.4. The number of anilines is 1. The summed E-state index contributed by atoms with van der Waals surface area (Å²) < 4.78 is 0. The Hall–Kier alpha value is -1.65. The third kappa shape index (κ3) is 2.48. The summed E-state index contributed by atoms with van der Waals surface area (Å²) >= 11 is 0. The van der Waals surface area contributed by atoms with E-state index in [0.717, 1.165) is 30.8 Å². The highest BCUT2D eigenvalue weighted by Gasteiger charge is 2.14. The molecular formula is C11H15N3O2. The number of hydrogen-bond acceptors (Lipinski definition) is 4. The molecule has 1 aliphatic rings. The first-order chi connectivity index (χ1) is 7.77. The third-order valence-electron chi connectivity index (χ3n) is 2.76. The van der Waals surface area contributed by atoms with Crippen LogP contribution < -0.4 is 5.32 Å². The van der Waals surface area contributed by atoms with E-state index in [9.17, 15) is 4.79 Å². The van der Waals surface area contributed by atoms with Crippen LogP contribution in [-0.2, 0) is 17.6 Å². The van der Waals surface area contributed by atoms with E-state index in [4.69, 9.17) is 5.11 Å². The predicted molar refractivity (Wildman–Crippen MR) is 59.4 cm³/mol. The van der Waals surface area contributed by atoms with Gasteiger partial charge >= 0.3 is 5.97 Å². The number of nitrogens with one attached hydrogen (secondary N) is 1. The van der Waals surface area contributed by atoms with Crippen molar-refractivity contribution in [3.63, 3.8) is 0 Å². The third-order valence-corrected chi connectivity index (χ3v) is 2.76. The summed E-state index contributed by atoms with van der Waals surface area (Å²) in [5, 5.41) is 11.6. The van der Waals surface area contributed by atoms with Gasteiger partial charge in [0.15, 0.2) is 0 Å². The summed E-state index contributed by atoms with van der Waals surface area (Å²) in [6, 6.07) is 0. The fourth-order valence-corrected chi connectivity index (χ4v) is 1.96. The molecule has 0 saturated carbocycles. The van der Waals surface area contributed by atoms with E-state index < -0.39 is 5.97 Å². The average molecular weight is 221 g/mol. The number of aromatic nitrogens is 2. The lowest BCUT2D eigenvalue weighted by Gasteiger charge is -2.17. The normalized spacial score (nSPS) is 14.2. The van der Waals surface area contributed by atoms with Crippen LogP contribution in [0.3, 0.4) is 0 Å². The molecule has 0 atom stereocenters. The molecule has 86 valence electrons. The largest absolute Gasteiger partial charge is 0.481 e. The first-order valence-electron chi connectivity index (χ1n) is 5.56. The number of nitrogens with zero attached hydrogens (tertiary/aromatic N) is 2. The maximum absolute atomic E-state index is 10.4. The average Bonchev–Trinajstić information content (AvgIpc) is 2.29. The molecule has 0 aromatic carbocycles. The summed E-state index contributed by atoms with van der Waals surface area (Å²) in [4.78, 5) is 18.8. The number of aryl methyl sites for hydroxylation is 1. The molecule has 5 heteroatoms. The molecular weight excluding hydrogens is 206 g/mol. The van der Waals surface area contributed by atoms with E-state index >= 15 is 0 Å². The van der Waals surface area contributed by atoms with Crippen molar-refractivity contribution in [3.8, 4) is 0 Å². The molecule has 1 heterocycles. The van der Waals surface area contributed by atoms with Gasteiger partial charge in [-0.3, -0.25) is 4.79 Å². The quantitative estimate of drug-likeness (QED) is 0.800. The minimum atomic E-state index is -0.796. The van der Waals surface area contributed by atoms with Crippen molar-refractivity contribution in [1.29, 1.82) is 0 Å². The second-order valence-electron chi connectivity index (χ2n) is 3.93. The zero-order chi connectivity index (χ0) is 11.4. The molecule has 0 unspecified atom stereocenters. The maximum atomic E-state index is 10.4. The molecule has 0 amide bonds. The summed E-state index contributed by atoms with van der Waals surface area (Å²) in [6.45, 7) is 0.415. The Bertz CT molecular complexity index is 393. The van der Waals surface area contributed by atoms with Crippen molar-refractivity contribution < 1.29 is 9.90 Å². The molecule has 0 saturated heterocycles. The highest BCUT2D eigenvalue weighted by molar-refractivity contribution is 5.67. The van der Waals surface area contributed by atoms with Gasteiger partial charge in [0.2, 0.25) is 0 Å². The second-order valence-corrected chi connectivity index (χ2v) is 3.93. The zero-order valence-electron chi connectivity index (χ0n) is 9.07. The van der Waals surface area contributed by atoms with Gasteiger partial charge in [0.05, 0.1) is 6.42 Å². The van der Waals surface area contributed by atoms with E-state index in [1.54, 1.807) is 6.33 Å². The Labute approximate surface area is 93.9 Å². The fraction of sp³-hybridized carbons (Fsp3) is 0.545. The number of carboxylic acids is 1. The Balaban J connectivity index is 2.05. The molecule has 0 bridgehead atoms. The smallest absolute Gasteiger partial charge is 0.305 e. The SMILES string of the molecule is O=C(O)CCNc1ncnc2c1CCCC2. The first-order valence-corrected chi connectivity index (χ1v) is 5.56. The summed E-state index contributed by atoms with van der Waals surface area (Å²) in [5.41, 5.74) is 2.28. The van der Waals surface area contributed by atoms with Crippen LogP contribution in [0.5, 0.6) is 0 Å². The van der Waals surface area contributed by atoms with Crippen LogP contribution in [-0.4, -0.2) is 27.6 Å². The van der Waals surface area contributed by atoms with E-state index in [2.05, 4.69) is 15.3 Å². The van der Waals surface area contributed by atoms with Crippen LogP contribution >= 0.6 is 0 Å². The molecule has 2 N–H and O–H groups in total. The first kappa shape index (κ1) is 10.9. The second kappa shape index (κ2) is 4.92. The van der Waals surface area contributed by atoms with Crippen molar-refractivity contribution >= 4 is 11.8 Å². The van der Waals surface area contributed by atoms with Crippen LogP contribution in [0.2, 0.25) is 0 Å². The van der Waals surface area contributed by atoms with Gasteiger partial charge in [-0.25, -0.2) is 9.97 Å². The fourth-order valence-electron chi connectivity index (χ4n) is 1.96. The van der Waals surface area contributed by atoms with Gasteiger partial charge in [-0.15, -0.1) is 0 Å².